The van der Waals surface area contributed by atoms with Crippen molar-refractivity contribution in [2.24, 2.45) is 5.73 Å². The molecule has 1 aliphatic heterocycles. The summed E-state index contributed by atoms with van der Waals surface area (Å²) < 4.78 is 26.3. The van der Waals surface area contributed by atoms with Crippen molar-refractivity contribution in [2.45, 2.75) is 25.9 Å². The number of nitrogens with two attached hydrogens (primary N) is 1. The lowest BCUT2D eigenvalue weighted by molar-refractivity contribution is -0.143. The number of hydrogen-bond acceptors (Lipinski definition) is 6. The zero-order chi connectivity index (χ0) is 21.6. The number of carbonyl (C=O) groups excluding carboxylic acids is 1. The first-order valence-electron chi connectivity index (χ1n) is 9.17. The molecule has 0 spiro atoms. The number of esters is 1. The highest BCUT2D eigenvalue weighted by Gasteiger charge is 2.41. The molecular weight excluding hydrogens is 429 g/mol. The van der Waals surface area contributed by atoms with Gasteiger partial charge in [-0.25, -0.2) is 9.18 Å². The number of ether oxygens (including phenoxy) is 2. The van der Waals surface area contributed by atoms with Crippen molar-refractivity contribution in [1.82, 2.24) is 0 Å². The largest absolute Gasteiger partial charge is 0.459 e. The summed E-state index contributed by atoms with van der Waals surface area (Å²) in [5, 5.41) is 0.696. The van der Waals surface area contributed by atoms with E-state index in [2.05, 4.69) is 0 Å². The van der Waals surface area contributed by atoms with E-state index in [9.17, 15) is 14.0 Å². The van der Waals surface area contributed by atoms with Crippen LogP contribution in [0.5, 0.6) is 5.75 Å². The van der Waals surface area contributed by atoms with Crippen molar-refractivity contribution in [2.75, 3.05) is 0 Å². The Hall–Kier alpha value is -2.90. The summed E-state index contributed by atoms with van der Waals surface area (Å²) in [5.41, 5.74) is 6.06. The van der Waals surface area contributed by atoms with Crippen molar-refractivity contribution in [3.05, 3.63) is 85.4 Å². The van der Waals surface area contributed by atoms with Gasteiger partial charge in [-0.15, -0.1) is 0 Å². The van der Waals surface area contributed by atoms with Crippen LogP contribution in [-0.4, -0.2) is 12.1 Å². The molecule has 1 aromatic heterocycles. The van der Waals surface area contributed by atoms with Gasteiger partial charge in [0.25, 0.3) is 0 Å². The molecule has 2 heterocycles. The molecular formula is C22H17ClFNO4S. The Balaban J connectivity index is 2.08. The number of fused-ring (bicyclic) bond motifs is 3. The minimum atomic E-state index is -1.16. The van der Waals surface area contributed by atoms with Crippen LogP contribution in [0.15, 0.2) is 58.7 Å². The van der Waals surface area contributed by atoms with E-state index in [1.165, 1.54) is 18.2 Å². The number of hydrogen-bond donors (Lipinski definition) is 1. The van der Waals surface area contributed by atoms with E-state index in [-0.39, 0.29) is 38.1 Å². The fourth-order valence-electron chi connectivity index (χ4n) is 3.52. The standard InChI is InChI=1S/C22H17ClFNO4S/c1-10(2)28-21(26)18-16(15-12(23)7-5-8-13(15)24)17-19(29-20(18)25)11-6-3-4-9-14(11)30-22(17)27/h3-10,16H,25H2,1-2H3/t16-/m0/s1. The second-order valence-electron chi connectivity index (χ2n) is 7.03. The van der Waals surface area contributed by atoms with Crippen molar-refractivity contribution in [3.8, 4) is 5.75 Å². The third kappa shape index (κ3) is 3.34. The van der Waals surface area contributed by atoms with E-state index >= 15 is 0 Å². The average Bonchev–Trinajstić information content (AvgIpc) is 2.66. The number of benzene rings is 2. The first-order chi connectivity index (χ1) is 14.3. The predicted octanol–water partition coefficient (Wildman–Crippen LogP) is 4.70. The van der Waals surface area contributed by atoms with Crippen molar-refractivity contribution >= 4 is 39.0 Å². The highest BCUT2D eigenvalue weighted by molar-refractivity contribution is 7.16. The average molecular weight is 446 g/mol. The molecule has 0 radical (unpaired) electrons. The first kappa shape index (κ1) is 20.4. The normalized spacial score (nSPS) is 15.8. The van der Waals surface area contributed by atoms with Gasteiger partial charge in [-0.1, -0.05) is 41.1 Å². The summed E-state index contributed by atoms with van der Waals surface area (Å²) in [4.78, 5) is 26.0. The molecule has 1 atom stereocenters. The van der Waals surface area contributed by atoms with E-state index < -0.39 is 23.8 Å². The van der Waals surface area contributed by atoms with Gasteiger partial charge in [0.2, 0.25) is 10.6 Å². The molecule has 8 heteroatoms. The number of carbonyl (C=O) groups is 1. The molecule has 0 fully saturated rings. The molecule has 0 saturated carbocycles. The number of rotatable bonds is 3. The van der Waals surface area contributed by atoms with Gasteiger partial charge in [-0.2, -0.15) is 0 Å². The number of halogens is 2. The fourth-order valence-corrected chi connectivity index (χ4v) is 4.73. The van der Waals surface area contributed by atoms with E-state index in [4.69, 9.17) is 26.8 Å². The van der Waals surface area contributed by atoms with E-state index in [0.717, 1.165) is 11.3 Å². The molecule has 2 aromatic carbocycles. The van der Waals surface area contributed by atoms with Gasteiger partial charge in [0.05, 0.1) is 17.6 Å². The van der Waals surface area contributed by atoms with Crippen LogP contribution in [0.25, 0.3) is 10.1 Å². The molecule has 0 amide bonds. The molecule has 3 aromatic rings. The Morgan fingerprint density at radius 1 is 1.20 bits per heavy atom. The molecule has 0 aliphatic carbocycles. The molecule has 1 aliphatic rings. The summed E-state index contributed by atoms with van der Waals surface area (Å²) in [5.74, 6) is -2.69. The van der Waals surface area contributed by atoms with E-state index in [0.29, 0.717) is 10.1 Å². The first-order valence-corrected chi connectivity index (χ1v) is 10.4. The molecule has 30 heavy (non-hydrogen) atoms. The van der Waals surface area contributed by atoms with Gasteiger partial charge >= 0.3 is 5.97 Å². The van der Waals surface area contributed by atoms with Crippen LogP contribution >= 0.6 is 22.9 Å². The lowest BCUT2D eigenvalue weighted by atomic mass is 9.83. The van der Waals surface area contributed by atoms with Crippen molar-refractivity contribution in [3.63, 3.8) is 0 Å². The predicted molar refractivity (Wildman–Crippen MR) is 114 cm³/mol. The van der Waals surface area contributed by atoms with Gasteiger partial charge in [0.1, 0.15) is 17.1 Å². The van der Waals surface area contributed by atoms with Gasteiger partial charge in [0.15, 0.2) is 0 Å². The zero-order valence-electron chi connectivity index (χ0n) is 16.1. The monoisotopic (exact) mass is 445 g/mol. The molecule has 0 unspecified atom stereocenters. The fraction of sp³-hybridized carbons (Fsp3) is 0.182. The van der Waals surface area contributed by atoms with Crippen molar-refractivity contribution in [1.29, 1.82) is 0 Å². The minimum absolute atomic E-state index is 0.0260. The summed E-state index contributed by atoms with van der Waals surface area (Å²) in [6, 6.07) is 11.3. The van der Waals surface area contributed by atoms with Crippen LogP contribution in [0.4, 0.5) is 4.39 Å². The van der Waals surface area contributed by atoms with E-state index in [1.54, 1.807) is 38.1 Å². The van der Waals surface area contributed by atoms with Gasteiger partial charge in [-0.05, 0) is 38.1 Å². The van der Waals surface area contributed by atoms with Crippen LogP contribution in [0.1, 0.15) is 30.9 Å². The summed E-state index contributed by atoms with van der Waals surface area (Å²) in [7, 11) is 0. The lowest BCUT2D eigenvalue weighted by Crippen LogP contribution is -2.32. The minimum Gasteiger partial charge on any atom is -0.459 e. The molecule has 4 rings (SSSR count). The second kappa shape index (κ2) is 7.74. The lowest BCUT2D eigenvalue weighted by Gasteiger charge is -2.29. The third-order valence-corrected chi connectivity index (χ3v) is 6.02. The zero-order valence-corrected chi connectivity index (χ0v) is 17.6. The van der Waals surface area contributed by atoms with Crippen LogP contribution in [-0.2, 0) is 9.53 Å². The molecule has 154 valence electrons. The van der Waals surface area contributed by atoms with E-state index in [1.807, 2.05) is 0 Å². The van der Waals surface area contributed by atoms with Crippen LogP contribution in [0, 0.1) is 5.82 Å². The molecule has 0 saturated heterocycles. The summed E-state index contributed by atoms with van der Waals surface area (Å²) in [6.45, 7) is 3.35. The maximum absolute atomic E-state index is 15.0. The SMILES string of the molecule is CC(C)OC(=O)C1=C(N)Oc2c(c(=O)sc3ccccc23)[C@@H]1c1c(F)cccc1Cl. The Morgan fingerprint density at radius 3 is 2.63 bits per heavy atom. The van der Waals surface area contributed by atoms with Gasteiger partial charge in [0, 0.05) is 20.7 Å². The Bertz CT molecular complexity index is 1250. The Kier molecular flexibility index (Phi) is 5.26. The van der Waals surface area contributed by atoms with Crippen molar-refractivity contribution < 1.29 is 18.7 Å². The molecule has 5 nitrogen and oxygen atoms in total. The Morgan fingerprint density at radius 2 is 1.93 bits per heavy atom. The van der Waals surface area contributed by atoms with Crippen LogP contribution in [0.2, 0.25) is 5.02 Å². The maximum Gasteiger partial charge on any atom is 0.340 e. The van der Waals surface area contributed by atoms with Gasteiger partial charge in [-0.3, -0.25) is 4.79 Å². The van der Waals surface area contributed by atoms with Crippen LogP contribution < -0.4 is 15.2 Å². The maximum atomic E-state index is 15.0. The molecule has 2 N–H and O–H groups in total. The summed E-state index contributed by atoms with van der Waals surface area (Å²) >= 11 is 7.31. The second-order valence-corrected chi connectivity index (χ2v) is 8.45. The third-order valence-electron chi connectivity index (χ3n) is 4.70. The highest BCUT2D eigenvalue weighted by atomic mass is 35.5. The van der Waals surface area contributed by atoms with Gasteiger partial charge < -0.3 is 15.2 Å². The van der Waals surface area contributed by atoms with Crippen LogP contribution in [0.3, 0.4) is 0 Å². The highest BCUT2D eigenvalue weighted by Crippen LogP contribution is 2.47. The Labute approximate surface area is 180 Å². The molecule has 0 bridgehead atoms. The smallest absolute Gasteiger partial charge is 0.340 e. The summed E-state index contributed by atoms with van der Waals surface area (Å²) in [6.07, 6.45) is -0.456. The quantitative estimate of drug-likeness (QED) is 0.591. The topological polar surface area (TPSA) is 78.6 Å².